The fourth-order valence-corrected chi connectivity index (χ4v) is 2.28. The van der Waals surface area contributed by atoms with E-state index in [9.17, 15) is 19.2 Å². The largest absolute Gasteiger partial charge is 0.235 e. The fraction of sp³-hybridized carbons (Fsp3) is 0.750. The number of nitrogens with zero attached hydrogens (tertiary/aromatic N) is 4. The van der Waals surface area contributed by atoms with Crippen LogP contribution < -0.4 is 0 Å². The van der Waals surface area contributed by atoms with Gasteiger partial charge in [-0.05, 0) is 37.5 Å². The van der Waals surface area contributed by atoms with Gasteiger partial charge in [0, 0.05) is 0 Å². The maximum atomic E-state index is 10.7. The van der Waals surface area contributed by atoms with Crippen LogP contribution in [0.5, 0.6) is 0 Å². The molecule has 0 amide bonds. The van der Waals surface area contributed by atoms with Crippen LogP contribution in [0.25, 0.3) is 0 Å². The molecule has 0 aromatic rings. The van der Waals surface area contributed by atoms with Crippen molar-refractivity contribution in [2.75, 3.05) is 13.1 Å². The quantitative estimate of drug-likeness (QED) is 0.291. The first-order valence-corrected chi connectivity index (χ1v) is 7.72. The summed E-state index contributed by atoms with van der Waals surface area (Å²) in [6.07, 6.45) is 8.99. The minimum atomic E-state index is -0.488. The summed E-state index contributed by atoms with van der Waals surface area (Å²) in [5.41, 5.74) is -0.262. The highest BCUT2D eigenvalue weighted by atomic mass is 16.1. The molecule has 0 aromatic carbocycles. The van der Waals surface area contributed by atoms with E-state index in [1.165, 1.54) is 24.3 Å². The predicted molar refractivity (Wildman–Crippen MR) is 86.7 cm³/mol. The molecule has 24 heavy (non-hydrogen) atoms. The second-order valence-corrected chi connectivity index (χ2v) is 6.15. The first kappa shape index (κ1) is 21.5. The van der Waals surface area contributed by atoms with E-state index in [4.69, 9.17) is 0 Å². The smallest absolute Gasteiger partial charge is 0.211 e. The lowest BCUT2D eigenvalue weighted by molar-refractivity contribution is 0.309. The Balaban J connectivity index is 4.80. The third-order valence-corrected chi connectivity index (χ3v) is 3.65. The zero-order valence-corrected chi connectivity index (χ0v) is 14.0. The molecule has 0 rings (SSSR count). The normalized spacial score (nSPS) is 12.6. The number of aliphatic imine (C=N–C) groups is 4. The Hall–Kier alpha value is -2.48. The number of unbranched alkanes of at least 4 members (excludes halogenated alkanes) is 1. The van der Waals surface area contributed by atoms with Crippen molar-refractivity contribution in [2.24, 2.45) is 25.4 Å². The number of hydrogen-bond donors (Lipinski definition) is 0. The van der Waals surface area contributed by atoms with Crippen LogP contribution in [0.1, 0.15) is 46.0 Å². The number of isocyanates is 4. The molecule has 0 fully saturated rings. The van der Waals surface area contributed by atoms with Crippen molar-refractivity contribution in [2.45, 2.75) is 58.0 Å². The van der Waals surface area contributed by atoms with Gasteiger partial charge in [0.15, 0.2) is 0 Å². The van der Waals surface area contributed by atoms with Crippen LogP contribution in [-0.2, 0) is 19.2 Å². The molecule has 0 radical (unpaired) electrons. The van der Waals surface area contributed by atoms with E-state index in [1.54, 1.807) is 0 Å². The van der Waals surface area contributed by atoms with Crippen molar-refractivity contribution >= 4 is 24.3 Å². The van der Waals surface area contributed by atoms with Gasteiger partial charge in [-0.2, -0.15) is 0 Å². The fourth-order valence-electron chi connectivity index (χ4n) is 2.28. The summed E-state index contributed by atoms with van der Waals surface area (Å²) in [7, 11) is 0. The van der Waals surface area contributed by atoms with Crippen molar-refractivity contribution in [3.63, 3.8) is 0 Å². The van der Waals surface area contributed by atoms with Crippen LogP contribution in [-0.4, -0.2) is 49.5 Å². The lowest BCUT2D eigenvalue weighted by atomic mass is 9.84. The van der Waals surface area contributed by atoms with Gasteiger partial charge in [0.1, 0.15) is 0 Å². The zero-order chi connectivity index (χ0) is 18.3. The highest BCUT2D eigenvalue weighted by Crippen LogP contribution is 2.26. The monoisotopic (exact) mass is 334 g/mol. The lowest BCUT2D eigenvalue weighted by Crippen LogP contribution is -2.26. The van der Waals surface area contributed by atoms with Gasteiger partial charge < -0.3 is 0 Å². The van der Waals surface area contributed by atoms with Crippen molar-refractivity contribution in [3.8, 4) is 0 Å². The maximum Gasteiger partial charge on any atom is 0.235 e. The van der Waals surface area contributed by atoms with Crippen molar-refractivity contribution < 1.29 is 19.2 Å². The first-order chi connectivity index (χ1) is 11.5. The molecule has 0 saturated carbocycles. The lowest BCUT2D eigenvalue weighted by Gasteiger charge is -2.25. The Kier molecular flexibility index (Phi) is 11.7. The highest BCUT2D eigenvalue weighted by Gasteiger charge is 2.25. The average Bonchev–Trinajstić information content (AvgIpc) is 2.56. The Labute approximate surface area is 140 Å². The molecule has 8 nitrogen and oxygen atoms in total. The van der Waals surface area contributed by atoms with Crippen molar-refractivity contribution in [1.29, 1.82) is 0 Å². The summed E-state index contributed by atoms with van der Waals surface area (Å²) in [5.74, 6) is 0. The van der Waals surface area contributed by atoms with Gasteiger partial charge in [-0.15, -0.1) is 0 Å². The second kappa shape index (κ2) is 13.0. The molecule has 2 unspecified atom stereocenters. The third-order valence-electron chi connectivity index (χ3n) is 3.65. The van der Waals surface area contributed by atoms with Gasteiger partial charge in [0.2, 0.25) is 24.3 Å². The summed E-state index contributed by atoms with van der Waals surface area (Å²) in [6.45, 7) is 4.55. The highest BCUT2D eigenvalue weighted by molar-refractivity contribution is 5.36. The van der Waals surface area contributed by atoms with Gasteiger partial charge in [0.05, 0.1) is 25.2 Å². The average molecular weight is 334 g/mol. The third kappa shape index (κ3) is 10.3. The molecule has 0 heterocycles. The van der Waals surface area contributed by atoms with E-state index in [2.05, 4.69) is 20.0 Å². The van der Waals surface area contributed by atoms with E-state index >= 15 is 0 Å². The number of hydrogen-bond acceptors (Lipinski definition) is 8. The Morgan fingerprint density at radius 1 is 0.792 bits per heavy atom. The zero-order valence-electron chi connectivity index (χ0n) is 14.0. The van der Waals surface area contributed by atoms with E-state index < -0.39 is 12.1 Å². The second-order valence-electron chi connectivity index (χ2n) is 6.15. The summed E-state index contributed by atoms with van der Waals surface area (Å²) in [5, 5.41) is 0. The molecule has 130 valence electrons. The molecule has 0 spiro atoms. The number of carbonyl (C=O) groups excluding carboxylic acids is 4. The van der Waals surface area contributed by atoms with Gasteiger partial charge >= 0.3 is 0 Å². The predicted octanol–water partition coefficient (Wildman–Crippen LogP) is 2.04. The van der Waals surface area contributed by atoms with E-state index in [1.807, 2.05) is 13.8 Å². The van der Waals surface area contributed by atoms with E-state index in [0.29, 0.717) is 45.2 Å². The molecule has 0 aromatic heterocycles. The molecular formula is C16H22N4O4. The molecule has 0 saturated heterocycles. The standard InChI is InChI=1S/C16H22N4O4/c1-16(2,9-18-11-22)7-6-15(20-13-24)14(19-12-23)5-3-4-8-17-10-21/h14-15H,3-9H2,1-2H3. The SMILES string of the molecule is CC(C)(CCC(N=C=O)C(CCCCN=C=O)N=C=O)CN=C=O. The van der Waals surface area contributed by atoms with Crippen molar-refractivity contribution in [1.82, 2.24) is 0 Å². The molecule has 0 aliphatic carbocycles. The minimum absolute atomic E-state index is 0.262. The van der Waals surface area contributed by atoms with Crippen LogP contribution in [0.3, 0.4) is 0 Å². The van der Waals surface area contributed by atoms with Crippen molar-refractivity contribution in [3.05, 3.63) is 0 Å². The molecular weight excluding hydrogens is 312 g/mol. The maximum absolute atomic E-state index is 10.7. The topological polar surface area (TPSA) is 118 Å². The van der Waals surface area contributed by atoms with Crippen LogP contribution in [0.15, 0.2) is 20.0 Å². The molecule has 2 atom stereocenters. The van der Waals surface area contributed by atoms with Crippen LogP contribution in [0.4, 0.5) is 0 Å². The molecule has 8 heteroatoms. The molecule has 0 bridgehead atoms. The van der Waals surface area contributed by atoms with E-state index in [-0.39, 0.29) is 5.41 Å². The van der Waals surface area contributed by atoms with Gasteiger partial charge in [0.25, 0.3) is 0 Å². The van der Waals surface area contributed by atoms with Crippen LogP contribution in [0.2, 0.25) is 0 Å². The van der Waals surface area contributed by atoms with E-state index in [0.717, 1.165) is 0 Å². The first-order valence-electron chi connectivity index (χ1n) is 7.72. The Bertz CT molecular complexity index is 565. The summed E-state index contributed by atoms with van der Waals surface area (Å²) >= 11 is 0. The molecule has 0 aliphatic rings. The Morgan fingerprint density at radius 2 is 1.38 bits per heavy atom. The van der Waals surface area contributed by atoms with Crippen LogP contribution >= 0.6 is 0 Å². The summed E-state index contributed by atoms with van der Waals surface area (Å²) < 4.78 is 0. The van der Waals surface area contributed by atoms with Gasteiger partial charge in [-0.1, -0.05) is 13.8 Å². The Morgan fingerprint density at radius 3 is 1.92 bits per heavy atom. The van der Waals surface area contributed by atoms with Gasteiger partial charge in [-0.3, -0.25) is 0 Å². The summed E-state index contributed by atoms with van der Waals surface area (Å²) in [6, 6.07) is -0.965. The molecule has 0 aliphatic heterocycles. The minimum Gasteiger partial charge on any atom is -0.211 e. The van der Waals surface area contributed by atoms with Gasteiger partial charge in [-0.25, -0.2) is 39.1 Å². The summed E-state index contributed by atoms with van der Waals surface area (Å²) in [4.78, 5) is 56.1. The molecule has 0 N–H and O–H groups in total. The number of rotatable bonds is 13. The van der Waals surface area contributed by atoms with Crippen LogP contribution in [0, 0.1) is 5.41 Å².